The maximum Gasteiger partial charge on any atom is 0.172 e. The lowest BCUT2D eigenvalue weighted by Crippen LogP contribution is -1.95. The van der Waals surface area contributed by atoms with Gasteiger partial charge in [0.15, 0.2) is 5.78 Å². The maximum absolute atomic E-state index is 11.5. The summed E-state index contributed by atoms with van der Waals surface area (Å²) in [4.78, 5) is 12.3. The molecule has 4 heteroatoms. The summed E-state index contributed by atoms with van der Waals surface area (Å²) in [5, 5.41) is 0. The summed E-state index contributed by atoms with van der Waals surface area (Å²) in [6.45, 7) is 1.99. The second-order valence-corrected chi connectivity index (χ2v) is 5.53. The first kappa shape index (κ1) is 11.2. The van der Waals surface area contributed by atoms with Crippen LogP contribution in [0.25, 0.3) is 0 Å². The van der Waals surface area contributed by atoms with Gasteiger partial charge in [-0.2, -0.15) is 0 Å². The van der Waals surface area contributed by atoms with Crippen LogP contribution in [0.1, 0.15) is 28.1 Å². The highest BCUT2D eigenvalue weighted by molar-refractivity contribution is 9.11. The zero-order valence-electron chi connectivity index (χ0n) is 7.27. The van der Waals surface area contributed by atoms with Crippen molar-refractivity contribution in [3.8, 4) is 0 Å². The number of ketones is 1. The van der Waals surface area contributed by atoms with Crippen LogP contribution >= 0.6 is 38.9 Å². The molecule has 0 fully saturated rings. The monoisotopic (exact) mass is 280 g/mol. The number of carbonyl (C=O) groups excluding carboxylic acids is 1. The molecule has 0 saturated carbocycles. The smallest absolute Gasteiger partial charge is 0.172 e. The number of thiophene rings is 1. The molecule has 0 spiro atoms. The minimum Gasteiger partial charge on any atom is -0.293 e. The van der Waals surface area contributed by atoms with E-state index in [0.29, 0.717) is 12.3 Å². The van der Waals surface area contributed by atoms with Crippen LogP contribution in [0.5, 0.6) is 0 Å². The topological polar surface area (TPSA) is 17.1 Å². The number of rotatable bonds is 4. The first-order valence-corrected chi connectivity index (χ1v) is 6.14. The Morgan fingerprint density at radius 2 is 2.38 bits per heavy atom. The number of alkyl halides is 1. The summed E-state index contributed by atoms with van der Waals surface area (Å²) in [5.41, 5.74) is 1.12. The Hall–Kier alpha value is 0.140. The van der Waals surface area contributed by atoms with Crippen molar-refractivity contribution in [3.63, 3.8) is 0 Å². The van der Waals surface area contributed by atoms with E-state index in [1.807, 2.05) is 13.0 Å². The van der Waals surface area contributed by atoms with Crippen LogP contribution in [0.3, 0.4) is 0 Å². The molecule has 0 atom stereocenters. The van der Waals surface area contributed by atoms with Gasteiger partial charge in [0.25, 0.3) is 0 Å². The Morgan fingerprint density at radius 1 is 1.69 bits per heavy atom. The van der Waals surface area contributed by atoms with Crippen molar-refractivity contribution in [2.45, 2.75) is 19.8 Å². The van der Waals surface area contributed by atoms with Gasteiger partial charge in [-0.05, 0) is 40.9 Å². The minimum absolute atomic E-state index is 0.194. The Labute approximate surface area is 95.2 Å². The van der Waals surface area contributed by atoms with Crippen molar-refractivity contribution in [2.75, 3.05) is 5.88 Å². The van der Waals surface area contributed by atoms with E-state index in [-0.39, 0.29) is 5.78 Å². The average Bonchev–Trinajstić information content (AvgIpc) is 2.43. The van der Waals surface area contributed by atoms with E-state index in [0.717, 1.165) is 20.6 Å². The van der Waals surface area contributed by atoms with Gasteiger partial charge in [0.2, 0.25) is 0 Å². The minimum atomic E-state index is 0.194. The van der Waals surface area contributed by atoms with Crippen molar-refractivity contribution in [1.82, 2.24) is 0 Å². The summed E-state index contributed by atoms with van der Waals surface area (Å²) in [5.74, 6) is 0.747. The van der Waals surface area contributed by atoms with E-state index < -0.39 is 0 Å². The predicted octanol–water partition coefficient (Wildman–Crippen LogP) is 4.02. The van der Waals surface area contributed by atoms with Crippen LogP contribution in [0, 0.1) is 6.92 Å². The van der Waals surface area contributed by atoms with Gasteiger partial charge in [-0.15, -0.1) is 22.9 Å². The summed E-state index contributed by atoms with van der Waals surface area (Å²) >= 11 is 10.4. The lowest BCUT2D eigenvalue weighted by atomic mass is 10.2. The lowest BCUT2D eigenvalue weighted by molar-refractivity contribution is 0.0986. The van der Waals surface area contributed by atoms with E-state index in [4.69, 9.17) is 11.6 Å². The molecular weight excluding hydrogens is 272 g/mol. The van der Waals surface area contributed by atoms with Gasteiger partial charge >= 0.3 is 0 Å². The Balaban J connectivity index is 2.66. The van der Waals surface area contributed by atoms with Crippen LogP contribution in [-0.4, -0.2) is 11.7 Å². The zero-order valence-corrected chi connectivity index (χ0v) is 10.4. The van der Waals surface area contributed by atoms with E-state index >= 15 is 0 Å². The molecule has 0 aliphatic carbocycles. The highest BCUT2D eigenvalue weighted by Gasteiger charge is 2.10. The zero-order chi connectivity index (χ0) is 9.84. The van der Waals surface area contributed by atoms with Crippen LogP contribution in [0.2, 0.25) is 0 Å². The third kappa shape index (κ3) is 3.08. The normalized spacial score (nSPS) is 10.4. The van der Waals surface area contributed by atoms with Crippen molar-refractivity contribution >= 4 is 44.7 Å². The van der Waals surface area contributed by atoms with Gasteiger partial charge in [0.05, 0.1) is 8.66 Å². The molecule has 0 unspecified atom stereocenters. The molecule has 0 radical (unpaired) electrons. The summed E-state index contributed by atoms with van der Waals surface area (Å²) in [6, 6.07) is 1.92. The van der Waals surface area contributed by atoms with Crippen molar-refractivity contribution in [1.29, 1.82) is 0 Å². The SMILES string of the molecule is Cc1cc(C(=O)CCCCl)sc1Br. The fourth-order valence-electron chi connectivity index (χ4n) is 0.948. The molecule has 0 saturated heterocycles. The number of aryl methyl sites for hydroxylation is 1. The number of halogens is 2. The molecule has 1 nitrogen and oxygen atoms in total. The van der Waals surface area contributed by atoms with E-state index in [2.05, 4.69) is 15.9 Å². The average molecular weight is 282 g/mol. The quantitative estimate of drug-likeness (QED) is 0.602. The molecule has 1 aromatic rings. The number of hydrogen-bond acceptors (Lipinski definition) is 2. The summed E-state index contributed by atoms with van der Waals surface area (Å²) in [7, 11) is 0. The molecule has 72 valence electrons. The Morgan fingerprint density at radius 3 is 2.85 bits per heavy atom. The van der Waals surface area contributed by atoms with Gasteiger partial charge in [-0.1, -0.05) is 0 Å². The van der Waals surface area contributed by atoms with Crippen molar-refractivity contribution in [2.24, 2.45) is 0 Å². The molecule has 0 aliphatic heterocycles. The van der Waals surface area contributed by atoms with Crippen molar-refractivity contribution < 1.29 is 4.79 Å². The lowest BCUT2D eigenvalue weighted by Gasteiger charge is -1.93. The van der Waals surface area contributed by atoms with Crippen LogP contribution in [0.15, 0.2) is 9.85 Å². The second-order valence-electron chi connectivity index (χ2n) is 2.78. The van der Waals surface area contributed by atoms with Gasteiger partial charge in [0.1, 0.15) is 0 Å². The summed E-state index contributed by atoms with van der Waals surface area (Å²) in [6.07, 6.45) is 1.31. The molecular formula is C9H10BrClOS. The molecule has 0 amide bonds. The summed E-state index contributed by atoms with van der Waals surface area (Å²) < 4.78 is 1.04. The van der Waals surface area contributed by atoms with E-state index in [9.17, 15) is 4.79 Å². The Bertz CT molecular complexity index is 289. The first-order valence-electron chi connectivity index (χ1n) is 4.00. The molecule has 1 heterocycles. The molecule has 0 aliphatic rings. The molecule has 13 heavy (non-hydrogen) atoms. The predicted molar refractivity (Wildman–Crippen MR) is 61.0 cm³/mol. The number of Topliss-reactive ketones (excluding diaryl/α,β-unsaturated/α-hetero) is 1. The van der Waals surface area contributed by atoms with Gasteiger partial charge in [-0.3, -0.25) is 4.79 Å². The third-order valence-electron chi connectivity index (χ3n) is 1.67. The second kappa shape index (κ2) is 5.13. The Kier molecular flexibility index (Phi) is 4.42. The van der Waals surface area contributed by atoms with Gasteiger partial charge in [-0.25, -0.2) is 0 Å². The first-order chi connectivity index (χ1) is 6.15. The molecule has 0 bridgehead atoms. The fraction of sp³-hybridized carbons (Fsp3) is 0.444. The molecule has 0 aromatic carbocycles. The third-order valence-corrected chi connectivity index (χ3v) is 4.11. The van der Waals surface area contributed by atoms with Gasteiger partial charge in [0, 0.05) is 12.3 Å². The van der Waals surface area contributed by atoms with Crippen LogP contribution < -0.4 is 0 Å². The highest BCUT2D eigenvalue weighted by atomic mass is 79.9. The van der Waals surface area contributed by atoms with E-state index in [1.54, 1.807) is 0 Å². The molecule has 1 aromatic heterocycles. The highest BCUT2D eigenvalue weighted by Crippen LogP contribution is 2.28. The largest absolute Gasteiger partial charge is 0.293 e. The van der Waals surface area contributed by atoms with Crippen LogP contribution in [0.4, 0.5) is 0 Å². The number of carbonyl (C=O) groups is 1. The molecule has 1 rings (SSSR count). The van der Waals surface area contributed by atoms with Crippen molar-refractivity contribution in [3.05, 3.63) is 20.3 Å². The van der Waals surface area contributed by atoms with Crippen LogP contribution in [-0.2, 0) is 0 Å². The molecule has 0 N–H and O–H groups in total. The number of hydrogen-bond donors (Lipinski definition) is 0. The maximum atomic E-state index is 11.5. The van der Waals surface area contributed by atoms with Gasteiger partial charge < -0.3 is 0 Å². The standard InChI is InChI=1S/C9H10BrClOS/c1-6-5-8(13-9(6)10)7(12)3-2-4-11/h5H,2-4H2,1H3. The fourth-order valence-corrected chi connectivity index (χ4v) is 2.58. The van der Waals surface area contributed by atoms with E-state index in [1.165, 1.54) is 11.3 Å².